The summed E-state index contributed by atoms with van der Waals surface area (Å²) in [6.45, 7) is 4.42. The lowest BCUT2D eigenvalue weighted by atomic mass is 10.1. The van der Waals surface area contributed by atoms with Crippen LogP contribution in [0, 0.1) is 5.82 Å². The average molecular weight is 542 g/mol. The van der Waals surface area contributed by atoms with E-state index in [2.05, 4.69) is 31.8 Å². The van der Waals surface area contributed by atoms with E-state index in [1.54, 1.807) is 36.4 Å². The molecule has 2 amide bonds. The van der Waals surface area contributed by atoms with Gasteiger partial charge in [0.25, 0.3) is 0 Å². The molecule has 0 unspecified atom stereocenters. The van der Waals surface area contributed by atoms with Gasteiger partial charge in [0.1, 0.15) is 12.4 Å². The number of amides is 2. The van der Waals surface area contributed by atoms with Gasteiger partial charge in [0.15, 0.2) is 11.5 Å². The third kappa shape index (κ3) is 7.38. The number of hydrazone groups is 1. The van der Waals surface area contributed by atoms with Crippen LogP contribution in [0.15, 0.2) is 70.2 Å². The molecule has 182 valence electrons. The highest BCUT2D eigenvalue weighted by Crippen LogP contribution is 2.37. The van der Waals surface area contributed by atoms with Crippen LogP contribution in [-0.2, 0) is 22.6 Å². The highest BCUT2D eigenvalue weighted by Gasteiger charge is 2.15. The first-order valence-corrected chi connectivity index (χ1v) is 11.8. The second kappa shape index (κ2) is 12.7. The number of nitrogens with zero attached hydrogens (tertiary/aromatic N) is 1. The Hall–Kier alpha value is -3.72. The van der Waals surface area contributed by atoms with Gasteiger partial charge in [-0.2, -0.15) is 5.10 Å². The van der Waals surface area contributed by atoms with Gasteiger partial charge in [-0.15, -0.1) is 0 Å². The maximum absolute atomic E-state index is 13.1. The third-order valence-corrected chi connectivity index (χ3v) is 5.45. The molecule has 0 aliphatic carbocycles. The number of hydrogen-bond acceptors (Lipinski definition) is 5. The Kier molecular flexibility index (Phi) is 9.37. The fourth-order valence-corrected chi connectivity index (χ4v) is 3.72. The third-order valence-electron chi connectivity index (χ3n) is 4.86. The van der Waals surface area contributed by atoms with Crippen molar-refractivity contribution >= 4 is 39.6 Å². The van der Waals surface area contributed by atoms with E-state index in [4.69, 9.17) is 9.47 Å². The quantitative estimate of drug-likeness (QED) is 0.221. The predicted octanol–water partition coefficient (Wildman–Crippen LogP) is 5.22. The first-order valence-electron chi connectivity index (χ1n) is 11.0. The van der Waals surface area contributed by atoms with Crippen molar-refractivity contribution in [3.05, 3.63) is 87.6 Å². The first-order chi connectivity index (χ1) is 16.9. The summed E-state index contributed by atoms with van der Waals surface area (Å²) < 4.78 is 25.3. The van der Waals surface area contributed by atoms with Gasteiger partial charge in [-0.3, -0.25) is 9.59 Å². The van der Waals surface area contributed by atoms with Crippen LogP contribution in [0.5, 0.6) is 11.5 Å². The number of hydrogen-bond donors (Lipinski definition) is 2. The lowest BCUT2D eigenvalue weighted by Crippen LogP contribution is -2.32. The fourth-order valence-electron chi connectivity index (χ4n) is 3.15. The van der Waals surface area contributed by atoms with Crippen molar-refractivity contribution in [2.24, 2.45) is 5.10 Å². The van der Waals surface area contributed by atoms with E-state index in [-0.39, 0.29) is 12.4 Å². The molecule has 0 aliphatic rings. The molecule has 0 aromatic heterocycles. The average Bonchev–Trinajstić information content (AvgIpc) is 2.85. The maximum atomic E-state index is 13.1. The number of rotatable bonds is 9. The molecule has 3 aromatic carbocycles. The molecule has 0 aliphatic heterocycles. The molecule has 0 bridgehead atoms. The number of carbonyl (C=O) groups excluding carboxylic acids is 2. The maximum Gasteiger partial charge on any atom is 0.329 e. The number of para-hydroxylation sites is 1. The summed E-state index contributed by atoms with van der Waals surface area (Å²) >= 11 is 3.47. The number of benzene rings is 3. The smallest absolute Gasteiger partial charge is 0.329 e. The predicted molar refractivity (Wildman–Crippen MR) is 136 cm³/mol. The summed E-state index contributed by atoms with van der Waals surface area (Å²) in [6, 6.07) is 16.7. The molecule has 0 fully saturated rings. The van der Waals surface area contributed by atoms with E-state index in [0.717, 1.165) is 17.5 Å². The van der Waals surface area contributed by atoms with Crippen LogP contribution in [-0.4, -0.2) is 24.6 Å². The molecule has 9 heteroatoms. The van der Waals surface area contributed by atoms with Crippen LogP contribution in [0.25, 0.3) is 0 Å². The van der Waals surface area contributed by atoms with Gasteiger partial charge >= 0.3 is 11.8 Å². The first kappa shape index (κ1) is 25.9. The van der Waals surface area contributed by atoms with Crippen LogP contribution in [0.2, 0.25) is 0 Å². The van der Waals surface area contributed by atoms with Crippen LogP contribution in [0.3, 0.4) is 0 Å². The molecule has 0 heterocycles. The number of anilines is 1. The summed E-state index contributed by atoms with van der Waals surface area (Å²) in [5.74, 6) is -1.08. The van der Waals surface area contributed by atoms with E-state index < -0.39 is 11.8 Å². The van der Waals surface area contributed by atoms with Gasteiger partial charge in [0.05, 0.1) is 17.3 Å². The highest BCUT2D eigenvalue weighted by atomic mass is 79.9. The van der Waals surface area contributed by atoms with Crippen molar-refractivity contribution in [2.45, 2.75) is 26.9 Å². The monoisotopic (exact) mass is 541 g/mol. The standard InChI is InChI=1S/C26H25BrFN3O4/c1-3-19-7-5-6-8-22(19)30-25(32)26(33)31-29-15-18-13-21(27)24(23(14-18)34-4-2)35-16-17-9-11-20(28)12-10-17/h5-15H,3-4,16H2,1-2H3,(H,30,32)(H,31,33)/b29-15+. The molecule has 2 N–H and O–H groups in total. The number of aryl methyl sites for hydroxylation is 1. The normalized spacial score (nSPS) is 10.7. The Morgan fingerprint density at radius 3 is 2.49 bits per heavy atom. The van der Waals surface area contributed by atoms with Crippen LogP contribution >= 0.6 is 15.9 Å². The molecule has 0 radical (unpaired) electrons. The van der Waals surface area contributed by atoms with E-state index in [0.29, 0.717) is 33.8 Å². The molecule has 0 atom stereocenters. The van der Waals surface area contributed by atoms with E-state index in [1.165, 1.54) is 18.3 Å². The van der Waals surface area contributed by atoms with Gasteiger partial charge < -0.3 is 14.8 Å². The summed E-state index contributed by atoms with van der Waals surface area (Å²) in [6.07, 6.45) is 2.11. The van der Waals surface area contributed by atoms with Crippen molar-refractivity contribution in [3.8, 4) is 11.5 Å². The minimum Gasteiger partial charge on any atom is -0.490 e. The number of nitrogens with one attached hydrogen (secondary N) is 2. The van der Waals surface area contributed by atoms with Crippen molar-refractivity contribution in [2.75, 3.05) is 11.9 Å². The zero-order chi connectivity index (χ0) is 25.2. The molecule has 35 heavy (non-hydrogen) atoms. The second-order valence-electron chi connectivity index (χ2n) is 7.34. The van der Waals surface area contributed by atoms with Crippen LogP contribution in [0.4, 0.5) is 10.1 Å². The highest BCUT2D eigenvalue weighted by molar-refractivity contribution is 9.10. The van der Waals surface area contributed by atoms with Crippen LogP contribution < -0.4 is 20.2 Å². The Morgan fingerprint density at radius 1 is 1.03 bits per heavy atom. The van der Waals surface area contributed by atoms with Crippen molar-refractivity contribution in [1.29, 1.82) is 0 Å². The lowest BCUT2D eigenvalue weighted by molar-refractivity contribution is -0.136. The molecule has 0 saturated carbocycles. The molecular weight excluding hydrogens is 517 g/mol. The Morgan fingerprint density at radius 2 is 1.77 bits per heavy atom. The summed E-state index contributed by atoms with van der Waals surface area (Å²) in [7, 11) is 0. The van der Waals surface area contributed by atoms with Crippen LogP contribution in [0.1, 0.15) is 30.5 Å². The largest absolute Gasteiger partial charge is 0.490 e. The van der Waals surface area contributed by atoms with Crippen molar-refractivity contribution in [3.63, 3.8) is 0 Å². The molecule has 3 aromatic rings. The van der Waals surface area contributed by atoms with E-state index in [9.17, 15) is 14.0 Å². The number of carbonyl (C=O) groups is 2. The minimum atomic E-state index is -0.893. The Balaban J connectivity index is 1.65. The van der Waals surface area contributed by atoms with Gasteiger partial charge in [-0.05, 0) is 76.3 Å². The summed E-state index contributed by atoms with van der Waals surface area (Å²) in [4.78, 5) is 24.4. The number of halogens is 2. The van der Waals surface area contributed by atoms with Gasteiger partial charge in [-0.25, -0.2) is 9.82 Å². The van der Waals surface area contributed by atoms with Crippen molar-refractivity contribution < 1.29 is 23.5 Å². The zero-order valence-corrected chi connectivity index (χ0v) is 20.9. The summed E-state index contributed by atoms with van der Waals surface area (Å²) in [5, 5.41) is 6.48. The molecule has 7 nitrogen and oxygen atoms in total. The minimum absolute atomic E-state index is 0.221. The zero-order valence-electron chi connectivity index (χ0n) is 19.3. The van der Waals surface area contributed by atoms with Crippen molar-refractivity contribution in [1.82, 2.24) is 5.43 Å². The van der Waals surface area contributed by atoms with E-state index >= 15 is 0 Å². The Labute approximate surface area is 211 Å². The second-order valence-corrected chi connectivity index (χ2v) is 8.20. The molecule has 3 rings (SSSR count). The topological polar surface area (TPSA) is 89.0 Å². The Bertz CT molecular complexity index is 1220. The SMILES string of the molecule is CCOc1cc(/C=N/NC(=O)C(=O)Nc2ccccc2CC)cc(Br)c1OCc1ccc(F)cc1. The fraction of sp³-hybridized carbons (Fsp3) is 0.192. The summed E-state index contributed by atoms with van der Waals surface area (Å²) in [5.41, 5.74) is 5.14. The number of ether oxygens (including phenoxy) is 2. The van der Waals surface area contributed by atoms with Gasteiger partial charge in [0.2, 0.25) is 0 Å². The van der Waals surface area contributed by atoms with E-state index in [1.807, 2.05) is 26.0 Å². The van der Waals surface area contributed by atoms with Gasteiger partial charge in [-0.1, -0.05) is 37.3 Å². The van der Waals surface area contributed by atoms with Gasteiger partial charge in [0, 0.05) is 5.69 Å². The molecule has 0 saturated heterocycles. The molecular formula is C26H25BrFN3O4. The molecule has 0 spiro atoms. The lowest BCUT2D eigenvalue weighted by Gasteiger charge is -2.14.